The molecular formula is C15H24N2O2. The maximum atomic E-state index is 10.7. The van der Waals surface area contributed by atoms with Crippen molar-refractivity contribution in [1.82, 2.24) is 10.6 Å². The van der Waals surface area contributed by atoms with Crippen LogP contribution in [-0.4, -0.2) is 30.1 Å². The molecule has 1 amide bonds. The summed E-state index contributed by atoms with van der Waals surface area (Å²) in [5, 5.41) is 16.4. The van der Waals surface area contributed by atoms with Crippen LogP contribution in [0, 0.1) is 0 Å². The van der Waals surface area contributed by atoms with E-state index in [-0.39, 0.29) is 11.9 Å². The first-order chi connectivity index (χ1) is 9.15. The molecule has 1 rings (SSSR count). The molecule has 0 aliphatic heterocycles. The molecule has 0 saturated carbocycles. The van der Waals surface area contributed by atoms with E-state index in [2.05, 4.69) is 17.6 Å². The number of rotatable bonds is 8. The molecule has 1 aromatic rings. The number of carbonyl (C=O) groups is 1. The molecule has 0 aliphatic carbocycles. The van der Waals surface area contributed by atoms with Gasteiger partial charge in [-0.25, -0.2) is 0 Å². The van der Waals surface area contributed by atoms with Crippen LogP contribution in [0.2, 0.25) is 0 Å². The minimum Gasteiger partial charge on any atom is -0.387 e. The van der Waals surface area contributed by atoms with Gasteiger partial charge in [-0.05, 0) is 24.9 Å². The van der Waals surface area contributed by atoms with Crippen molar-refractivity contribution in [3.05, 3.63) is 35.9 Å². The van der Waals surface area contributed by atoms with Gasteiger partial charge < -0.3 is 15.7 Å². The maximum absolute atomic E-state index is 10.7. The van der Waals surface area contributed by atoms with Crippen LogP contribution in [0.15, 0.2) is 30.3 Å². The van der Waals surface area contributed by atoms with E-state index >= 15 is 0 Å². The molecule has 0 radical (unpaired) electrons. The molecule has 0 aliphatic rings. The number of nitrogens with one attached hydrogen (secondary N) is 2. The third kappa shape index (κ3) is 5.85. The van der Waals surface area contributed by atoms with Crippen LogP contribution in [-0.2, 0) is 4.79 Å². The molecule has 2 unspecified atom stereocenters. The Labute approximate surface area is 115 Å². The molecule has 0 bridgehead atoms. The summed E-state index contributed by atoms with van der Waals surface area (Å²) in [6.45, 7) is 5.02. The van der Waals surface area contributed by atoms with Crippen molar-refractivity contribution in [3.8, 4) is 0 Å². The van der Waals surface area contributed by atoms with E-state index in [0.29, 0.717) is 6.54 Å². The number of aliphatic hydroxyl groups excluding tert-OH is 1. The Hall–Kier alpha value is -1.39. The topological polar surface area (TPSA) is 61.4 Å². The Morgan fingerprint density at radius 3 is 2.53 bits per heavy atom. The fraction of sp³-hybridized carbons (Fsp3) is 0.533. The summed E-state index contributed by atoms with van der Waals surface area (Å²) in [6, 6.07) is 9.72. The fourth-order valence-electron chi connectivity index (χ4n) is 2.00. The van der Waals surface area contributed by atoms with Gasteiger partial charge in [-0.15, -0.1) is 0 Å². The van der Waals surface area contributed by atoms with Crippen LogP contribution in [0.3, 0.4) is 0 Å². The number of hydrogen-bond acceptors (Lipinski definition) is 3. The number of carbonyl (C=O) groups excluding carboxylic acids is 1. The molecule has 0 heterocycles. The summed E-state index contributed by atoms with van der Waals surface area (Å²) in [6.07, 6.45) is 1.22. The van der Waals surface area contributed by atoms with Gasteiger partial charge in [-0.1, -0.05) is 37.3 Å². The highest BCUT2D eigenvalue weighted by Crippen LogP contribution is 2.18. The number of benzene rings is 1. The summed E-state index contributed by atoms with van der Waals surface area (Å²) in [4.78, 5) is 10.7. The average molecular weight is 264 g/mol. The highest BCUT2D eigenvalue weighted by Gasteiger charge is 2.17. The summed E-state index contributed by atoms with van der Waals surface area (Å²) < 4.78 is 0. The van der Waals surface area contributed by atoms with Crippen LogP contribution in [0.25, 0.3) is 0 Å². The molecule has 2 atom stereocenters. The van der Waals surface area contributed by atoms with Crippen molar-refractivity contribution in [1.29, 1.82) is 0 Å². The molecule has 0 fully saturated rings. The van der Waals surface area contributed by atoms with E-state index in [9.17, 15) is 9.90 Å². The monoisotopic (exact) mass is 264 g/mol. The van der Waals surface area contributed by atoms with Gasteiger partial charge in [-0.2, -0.15) is 0 Å². The van der Waals surface area contributed by atoms with Crippen molar-refractivity contribution in [2.24, 2.45) is 0 Å². The summed E-state index contributed by atoms with van der Waals surface area (Å²) in [7, 11) is 0. The second kappa shape index (κ2) is 8.67. The standard InChI is InChI=1S/C15H24N2O2/c1-3-14(17-11-7-10-16-12(2)18)15(19)13-8-5-4-6-9-13/h4-6,8-9,14-15,17,19H,3,7,10-11H2,1-2H3,(H,16,18). The van der Waals surface area contributed by atoms with Crippen molar-refractivity contribution in [2.75, 3.05) is 13.1 Å². The minimum atomic E-state index is -0.494. The molecule has 0 saturated heterocycles. The van der Waals surface area contributed by atoms with Gasteiger partial charge in [0, 0.05) is 19.5 Å². The Balaban J connectivity index is 2.35. The molecule has 1 aromatic carbocycles. The molecule has 19 heavy (non-hydrogen) atoms. The molecule has 4 heteroatoms. The lowest BCUT2D eigenvalue weighted by Crippen LogP contribution is -2.36. The predicted octanol–water partition coefficient (Wildman–Crippen LogP) is 1.61. The normalized spacial score (nSPS) is 13.8. The Bertz CT molecular complexity index is 368. The summed E-state index contributed by atoms with van der Waals surface area (Å²) in [5.74, 6) is -0.00337. The third-order valence-corrected chi connectivity index (χ3v) is 3.10. The van der Waals surface area contributed by atoms with Crippen LogP contribution >= 0.6 is 0 Å². The highest BCUT2D eigenvalue weighted by molar-refractivity contribution is 5.72. The van der Waals surface area contributed by atoms with Gasteiger partial charge in [0.15, 0.2) is 0 Å². The van der Waals surface area contributed by atoms with Gasteiger partial charge in [0.05, 0.1) is 6.10 Å². The van der Waals surface area contributed by atoms with Gasteiger partial charge in [-0.3, -0.25) is 4.79 Å². The molecule has 0 spiro atoms. The van der Waals surface area contributed by atoms with Gasteiger partial charge in [0.2, 0.25) is 5.91 Å². The van der Waals surface area contributed by atoms with E-state index in [1.54, 1.807) is 0 Å². The fourth-order valence-corrected chi connectivity index (χ4v) is 2.00. The first-order valence-electron chi connectivity index (χ1n) is 6.86. The maximum Gasteiger partial charge on any atom is 0.216 e. The van der Waals surface area contributed by atoms with Crippen molar-refractivity contribution in [2.45, 2.75) is 38.8 Å². The largest absolute Gasteiger partial charge is 0.387 e. The Morgan fingerprint density at radius 2 is 1.95 bits per heavy atom. The van der Waals surface area contributed by atoms with Gasteiger partial charge in [0.25, 0.3) is 0 Å². The lowest BCUT2D eigenvalue weighted by atomic mass is 10.0. The number of aliphatic hydroxyl groups is 1. The highest BCUT2D eigenvalue weighted by atomic mass is 16.3. The van der Waals surface area contributed by atoms with E-state index in [0.717, 1.165) is 24.9 Å². The number of amides is 1. The van der Waals surface area contributed by atoms with Crippen molar-refractivity contribution >= 4 is 5.91 Å². The average Bonchev–Trinajstić information content (AvgIpc) is 2.43. The molecular weight excluding hydrogens is 240 g/mol. The quantitative estimate of drug-likeness (QED) is 0.625. The van der Waals surface area contributed by atoms with E-state index in [1.807, 2.05) is 30.3 Å². The van der Waals surface area contributed by atoms with Crippen molar-refractivity contribution < 1.29 is 9.90 Å². The molecule has 3 N–H and O–H groups in total. The lowest BCUT2D eigenvalue weighted by molar-refractivity contribution is -0.118. The zero-order valence-electron chi connectivity index (χ0n) is 11.7. The predicted molar refractivity (Wildman–Crippen MR) is 76.8 cm³/mol. The van der Waals surface area contributed by atoms with Crippen LogP contribution in [0.5, 0.6) is 0 Å². The Kier molecular flexibility index (Phi) is 7.15. The van der Waals surface area contributed by atoms with Gasteiger partial charge in [0.1, 0.15) is 0 Å². The zero-order chi connectivity index (χ0) is 14.1. The molecule has 4 nitrogen and oxygen atoms in total. The van der Waals surface area contributed by atoms with Gasteiger partial charge >= 0.3 is 0 Å². The SMILES string of the molecule is CCC(NCCCNC(C)=O)C(O)c1ccccc1. The van der Waals surface area contributed by atoms with E-state index in [4.69, 9.17) is 0 Å². The molecule has 0 aromatic heterocycles. The minimum absolute atomic E-state index is 0.00337. The van der Waals surface area contributed by atoms with E-state index < -0.39 is 6.10 Å². The van der Waals surface area contributed by atoms with Crippen LogP contribution < -0.4 is 10.6 Å². The molecule has 106 valence electrons. The second-order valence-corrected chi connectivity index (χ2v) is 4.66. The summed E-state index contributed by atoms with van der Waals surface area (Å²) in [5.41, 5.74) is 0.934. The first-order valence-corrected chi connectivity index (χ1v) is 6.86. The van der Waals surface area contributed by atoms with Crippen molar-refractivity contribution in [3.63, 3.8) is 0 Å². The van der Waals surface area contributed by atoms with Crippen LogP contribution in [0.1, 0.15) is 38.4 Å². The Morgan fingerprint density at radius 1 is 1.26 bits per heavy atom. The first kappa shape index (κ1) is 15.7. The van der Waals surface area contributed by atoms with Crippen LogP contribution in [0.4, 0.5) is 0 Å². The smallest absolute Gasteiger partial charge is 0.216 e. The second-order valence-electron chi connectivity index (χ2n) is 4.66. The third-order valence-electron chi connectivity index (χ3n) is 3.10. The number of hydrogen-bond donors (Lipinski definition) is 3. The van der Waals surface area contributed by atoms with E-state index in [1.165, 1.54) is 6.92 Å². The summed E-state index contributed by atoms with van der Waals surface area (Å²) >= 11 is 0. The zero-order valence-corrected chi connectivity index (χ0v) is 11.7. The lowest BCUT2D eigenvalue weighted by Gasteiger charge is -2.23.